The molecule has 0 amide bonds. The van der Waals surface area contributed by atoms with Gasteiger partial charge in [-0.05, 0) is 31.5 Å². The molecule has 1 N–H and O–H groups in total. The van der Waals surface area contributed by atoms with Gasteiger partial charge in [0.25, 0.3) is 0 Å². The summed E-state index contributed by atoms with van der Waals surface area (Å²) < 4.78 is 37.1. The van der Waals surface area contributed by atoms with Gasteiger partial charge in [0.05, 0.1) is 5.69 Å². The van der Waals surface area contributed by atoms with Gasteiger partial charge in [0.1, 0.15) is 0 Å². The fourth-order valence-electron chi connectivity index (χ4n) is 1.85. The first-order chi connectivity index (χ1) is 8.97. The van der Waals surface area contributed by atoms with Crippen molar-refractivity contribution in [2.45, 2.75) is 51.7 Å². The summed E-state index contributed by atoms with van der Waals surface area (Å²) in [5, 5.41) is 10.3. The van der Waals surface area contributed by atoms with E-state index in [-0.39, 0.29) is 6.04 Å². The predicted molar refractivity (Wildman–Crippen MR) is 67.7 cm³/mol. The van der Waals surface area contributed by atoms with Gasteiger partial charge >= 0.3 is 6.18 Å². The van der Waals surface area contributed by atoms with E-state index in [0.717, 1.165) is 31.9 Å². The minimum atomic E-state index is -4.42. The minimum Gasteiger partial charge on any atom is -0.314 e. The molecule has 6 heteroatoms. The number of alkyl halides is 3. The van der Waals surface area contributed by atoms with E-state index >= 15 is 0 Å². The van der Waals surface area contributed by atoms with Gasteiger partial charge in [-0.1, -0.05) is 20.3 Å². The van der Waals surface area contributed by atoms with Crippen LogP contribution in [0.5, 0.6) is 0 Å². The van der Waals surface area contributed by atoms with Crippen LogP contribution >= 0.6 is 0 Å². The first-order valence-corrected chi connectivity index (χ1v) is 6.60. The summed E-state index contributed by atoms with van der Waals surface area (Å²) in [6, 6.07) is 2.65. The Hall–Kier alpha value is -1.17. The molecular formula is C13H20F3N3. The van der Waals surface area contributed by atoms with E-state index in [4.69, 9.17) is 0 Å². The molecule has 0 fully saturated rings. The number of nitrogens with one attached hydrogen (secondary N) is 1. The van der Waals surface area contributed by atoms with Gasteiger partial charge in [-0.3, -0.25) is 0 Å². The summed E-state index contributed by atoms with van der Waals surface area (Å²) in [7, 11) is 0. The Balaban J connectivity index is 2.64. The fraction of sp³-hybridized carbons (Fsp3) is 0.692. The van der Waals surface area contributed by atoms with Gasteiger partial charge in [-0.2, -0.15) is 18.3 Å². The third-order valence-electron chi connectivity index (χ3n) is 2.79. The van der Waals surface area contributed by atoms with Crippen LogP contribution in [0.1, 0.15) is 44.5 Å². The standard InChI is InChI=1S/C13H20F3N3/c1-3-5-10(17-8-4-2)9-11-6-7-12(19-18-11)13(14,15)16/h6-7,10,17H,3-5,8-9H2,1-2H3. The van der Waals surface area contributed by atoms with E-state index in [0.29, 0.717) is 12.1 Å². The van der Waals surface area contributed by atoms with Crippen LogP contribution in [0.2, 0.25) is 0 Å². The van der Waals surface area contributed by atoms with Crippen LogP contribution in [0.15, 0.2) is 12.1 Å². The molecule has 1 aromatic rings. The Morgan fingerprint density at radius 2 is 1.89 bits per heavy atom. The lowest BCUT2D eigenvalue weighted by Crippen LogP contribution is -2.32. The molecule has 1 rings (SSSR count). The van der Waals surface area contributed by atoms with Crippen LogP contribution in [0.25, 0.3) is 0 Å². The summed E-state index contributed by atoms with van der Waals surface area (Å²) in [5.41, 5.74) is -0.347. The van der Waals surface area contributed by atoms with Crippen LogP contribution < -0.4 is 5.32 Å². The predicted octanol–water partition coefficient (Wildman–Crippen LogP) is 3.21. The summed E-state index contributed by atoms with van der Waals surface area (Å²) >= 11 is 0. The van der Waals surface area contributed by atoms with Crippen molar-refractivity contribution in [2.75, 3.05) is 6.54 Å². The van der Waals surface area contributed by atoms with Crippen molar-refractivity contribution in [1.29, 1.82) is 0 Å². The molecule has 0 saturated heterocycles. The van der Waals surface area contributed by atoms with Gasteiger partial charge in [-0.15, -0.1) is 5.10 Å². The van der Waals surface area contributed by atoms with Gasteiger partial charge in [0, 0.05) is 12.5 Å². The van der Waals surface area contributed by atoms with Crippen LogP contribution in [-0.4, -0.2) is 22.8 Å². The Bertz CT molecular complexity index is 362. The van der Waals surface area contributed by atoms with Gasteiger partial charge in [0.15, 0.2) is 5.69 Å². The minimum absolute atomic E-state index is 0.246. The Morgan fingerprint density at radius 1 is 1.16 bits per heavy atom. The maximum absolute atomic E-state index is 12.4. The molecule has 1 atom stereocenters. The molecule has 0 bridgehead atoms. The van der Waals surface area contributed by atoms with Crippen molar-refractivity contribution in [2.24, 2.45) is 0 Å². The lowest BCUT2D eigenvalue weighted by molar-refractivity contribution is -0.141. The largest absolute Gasteiger partial charge is 0.435 e. The highest BCUT2D eigenvalue weighted by atomic mass is 19.4. The van der Waals surface area contributed by atoms with Crippen molar-refractivity contribution in [3.63, 3.8) is 0 Å². The van der Waals surface area contributed by atoms with E-state index in [1.165, 1.54) is 6.07 Å². The molecule has 0 spiro atoms. The molecule has 0 radical (unpaired) electrons. The van der Waals surface area contributed by atoms with Gasteiger partial charge in [0.2, 0.25) is 0 Å². The number of aromatic nitrogens is 2. The topological polar surface area (TPSA) is 37.8 Å². The lowest BCUT2D eigenvalue weighted by Gasteiger charge is -2.17. The highest BCUT2D eigenvalue weighted by molar-refractivity contribution is 5.10. The third kappa shape index (κ3) is 5.55. The van der Waals surface area contributed by atoms with Crippen molar-refractivity contribution in [3.05, 3.63) is 23.5 Å². The van der Waals surface area contributed by atoms with E-state index in [9.17, 15) is 13.2 Å². The summed E-state index contributed by atoms with van der Waals surface area (Å²) in [6.07, 6.45) is -0.787. The molecule has 0 aliphatic rings. The number of hydrogen-bond donors (Lipinski definition) is 1. The van der Waals surface area contributed by atoms with E-state index < -0.39 is 11.9 Å². The van der Waals surface area contributed by atoms with Crippen molar-refractivity contribution in [3.8, 4) is 0 Å². The molecule has 108 valence electrons. The number of hydrogen-bond acceptors (Lipinski definition) is 3. The van der Waals surface area contributed by atoms with Crippen molar-refractivity contribution < 1.29 is 13.2 Å². The molecule has 3 nitrogen and oxygen atoms in total. The molecule has 0 aliphatic heterocycles. The molecular weight excluding hydrogens is 255 g/mol. The van der Waals surface area contributed by atoms with Crippen LogP contribution in [0, 0.1) is 0 Å². The average Bonchev–Trinajstić information content (AvgIpc) is 2.36. The Labute approximate surface area is 111 Å². The molecule has 1 unspecified atom stereocenters. The maximum Gasteiger partial charge on any atom is 0.435 e. The number of nitrogens with zero attached hydrogens (tertiary/aromatic N) is 2. The zero-order valence-corrected chi connectivity index (χ0v) is 11.3. The quantitative estimate of drug-likeness (QED) is 0.830. The molecule has 0 saturated carbocycles. The van der Waals surface area contributed by atoms with Crippen LogP contribution in [0.3, 0.4) is 0 Å². The third-order valence-corrected chi connectivity index (χ3v) is 2.79. The second kappa shape index (κ2) is 7.43. The lowest BCUT2D eigenvalue weighted by atomic mass is 10.1. The molecule has 1 aromatic heterocycles. The SMILES string of the molecule is CCCNC(CCC)Cc1ccc(C(F)(F)F)nn1. The summed E-state index contributed by atoms with van der Waals surface area (Å²) in [4.78, 5) is 0. The Morgan fingerprint density at radius 3 is 2.37 bits per heavy atom. The average molecular weight is 275 g/mol. The first-order valence-electron chi connectivity index (χ1n) is 6.60. The Kier molecular flexibility index (Phi) is 6.21. The smallest absolute Gasteiger partial charge is 0.314 e. The second-order valence-electron chi connectivity index (χ2n) is 4.55. The van der Waals surface area contributed by atoms with E-state index in [1.807, 2.05) is 0 Å². The fourth-order valence-corrected chi connectivity index (χ4v) is 1.85. The highest BCUT2D eigenvalue weighted by Gasteiger charge is 2.32. The van der Waals surface area contributed by atoms with Gasteiger partial charge < -0.3 is 5.32 Å². The molecule has 19 heavy (non-hydrogen) atoms. The normalized spacial score (nSPS) is 13.5. The second-order valence-corrected chi connectivity index (χ2v) is 4.55. The summed E-state index contributed by atoms with van der Waals surface area (Å²) in [5.74, 6) is 0. The zero-order chi connectivity index (χ0) is 14.3. The van der Waals surface area contributed by atoms with Crippen LogP contribution in [-0.2, 0) is 12.6 Å². The van der Waals surface area contributed by atoms with Crippen molar-refractivity contribution in [1.82, 2.24) is 15.5 Å². The number of halogens is 3. The van der Waals surface area contributed by atoms with Crippen LogP contribution in [0.4, 0.5) is 13.2 Å². The van der Waals surface area contributed by atoms with E-state index in [1.54, 1.807) is 0 Å². The summed E-state index contributed by atoms with van der Waals surface area (Å²) in [6.45, 7) is 5.06. The highest BCUT2D eigenvalue weighted by Crippen LogP contribution is 2.26. The first kappa shape index (κ1) is 15.9. The zero-order valence-electron chi connectivity index (χ0n) is 11.3. The maximum atomic E-state index is 12.4. The molecule has 0 aromatic carbocycles. The molecule has 0 aliphatic carbocycles. The number of rotatable bonds is 7. The monoisotopic (exact) mass is 275 g/mol. The van der Waals surface area contributed by atoms with Crippen molar-refractivity contribution >= 4 is 0 Å². The molecule has 1 heterocycles. The van der Waals surface area contributed by atoms with Gasteiger partial charge in [-0.25, -0.2) is 0 Å². The van der Waals surface area contributed by atoms with E-state index in [2.05, 4.69) is 29.4 Å².